The lowest BCUT2D eigenvalue weighted by atomic mass is 10.3. The first-order valence-corrected chi connectivity index (χ1v) is 6.92. The molecule has 2 aromatic heterocycles. The second-order valence-corrected chi connectivity index (χ2v) is 5.10. The van der Waals surface area contributed by atoms with Gasteiger partial charge in [-0.15, -0.1) is 11.3 Å². The lowest BCUT2D eigenvalue weighted by molar-refractivity contribution is -0.115. The number of carbonyl (C=O) groups is 1. The summed E-state index contributed by atoms with van der Waals surface area (Å²) in [4.78, 5) is 20.4. The summed E-state index contributed by atoms with van der Waals surface area (Å²) in [5, 5.41) is 5.63. The first kappa shape index (κ1) is 13.6. The van der Waals surface area contributed by atoms with Crippen molar-refractivity contribution in [2.75, 3.05) is 11.9 Å². The normalized spacial score (nSPS) is 10.4. The second-order valence-electron chi connectivity index (χ2n) is 4.16. The fourth-order valence-corrected chi connectivity index (χ4v) is 2.45. The molecule has 0 aliphatic rings. The molecule has 0 saturated carbocycles. The summed E-state index contributed by atoms with van der Waals surface area (Å²) in [6, 6.07) is 5.52. The Bertz CT molecular complexity index is 567. The van der Waals surface area contributed by atoms with Gasteiger partial charge in [-0.3, -0.25) is 4.79 Å². The van der Waals surface area contributed by atoms with E-state index in [1.54, 1.807) is 6.07 Å². The van der Waals surface area contributed by atoms with Crippen LogP contribution in [0.2, 0.25) is 0 Å². The van der Waals surface area contributed by atoms with E-state index >= 15 is 0 Å². The van der Waals surface area contributed by atoms with Gasteiger partial charge in [-0.2, -0.15) is 0 Å². The van der Waals surface area contributed by atoms with E-state index in [0.29, 0.717) is 12.4 Å². The monoisotopic (exact) mass is 276 g/mol. The van der Waals surface area contributed by atoms with Gasteiger partial charge in [-0.1, -0.05) is 6.07 Å². The van der Waals surface area contributed by atoms with Crippen molar-refractivity contribution in [1.82, 2.24) is 9.97 Å². The van der Waals surface area contributed by atoms with Gasteiger partial charge >= 0.3 is 0 Å². The Morgan fingerprint density at radius 1 is 1.42 bits per heavy atom. The van der Waals surface area contributed by atoms with Crippen LogP contribution in [0.4, 0.5) is 5.82 Å². The summed E-state index contributed by atoms with van der Waals surface area (Å²) in [7, 11) is 0. The summed E-state index contributed by atoms with van der Waals surface area (Å²) in [6.07, 6.45) is 1.02. The highest BCUT2D eigenvalue weighted by Gasteiger charge is 2.08. The minimum atomic E-state index is -0.109. The molecule has 0 spiro atoms. The van der Waals surface area contributed by atoms with Gasteiger partial charge in [0.2, 0.25) is 5.91 Å². The molecule has 0 saturated heterocycles. The molecule has 2 rings (SSSR count). The number of nitrogens with one attached hydrogen (secondary N) is 1. The third-order valence-corrected chi connectivity index (χ3v) is 3.41. The molecule has 100 valence electrons. The van der Waals surface area contributed by atoms with Crippen LogP contribution in [0.15, 0.2) is 23.6 Å². The molecular formula is C13H16N4OS. The molecule has 0 bridgehead atoms. The summed E-state index contributed by atoms with van der Waals surface area (Å²) >= 11 is 1.54. The number of hydrogen-bond acceptors (Lipinski definition) is 5. The Morgan fingerprint density at radius 2 is 2.26 bits per heavy atom. The topological polar surface area (TPSA) is 80.9 Å². The van der Waals surface area contributed by atoms with Crippen LogP contribution in [-0.4, -0.2) is 22.4 Å². The van der Waals surface area contributed by atoms with Crippen LogP contribution in [0.1, 0.15) is 16.4 Å². The summed E-state index contributed by atoms with van der Waals surface area (Å²) < 4.78 is 0. The number of carbonyl (C=O) groups excluding carboxylic acids is 1. The summed E-state index contributed by atoms with van der Waals surface area (Å²) in [5.41, 5.74) is 7.11. The zero-order valence-electron chi connectivity index (χ0n) is 10.7. The molecule has 0 aliphatic heterocycles. The van der Waals surface area contributed by atoms with Crippen LogP contribution >= 0.6 is 11.3 Å². The number of nitrogens with zero attached hydrogens (tertiary/aromatic N) is 2. The number of aryl methyl sites for hydroxylation is 1. The molecule has 0 fully saturated rings. The van der Waals surface area contributed by atoms with Gasteiger partial charge in [0.25, 0.3) is 0 Å². The molecule has 19 heavy (non-hydrogen) atoms. The van der Waals surface area contributed by atoms with E-state index in [1.165, 1.54) is 11.3 Å². The standard InChI is InChI=1S/C13H16N4OS/c1-9-3-2-4-11(15-9)17-12(18)7-10-8-19-13(16-10)5-6-14/h2-4,8H,5-7,14H2,1H3,(H,15,17,18). The third-order valence-electron chi connectivity index (χ3n) is 2.46. The lowest BCUT2D eigenvalue weighted by Gasteiger charge is -2.03. The minimum Gasteiger partial charge on any atom is -0.330 e. The average molecular weight is 276 g/mol. The molecular weight excluding hydrogens is 260 g/mol. The Kier molecular flexibility index (Phi) is 4.59. The largest absolute Gasteiger partial charge is 0.330 e. The van der Waals surface area contributed by atoms with Gasteiger partial charge in [0.05, 0.1) is 17.1 Å². The molecule has 0 atom stereocenters. The fraction of sp³-hybridized carbons (Fsp3) is 0.308. The zero-order chi connectivity index (χ0) is 13.7. The quantitative estimate of drug-likeness (QED) is 0.867. The molecule has 5 nitrogen and oxygen atoms in total. The number of pyridine rings is 1. The van der Waals surface area contributed by atoms with Crippen molar-refractivity contribution >= 4 is 23.1 Å². The second kappa shape index (κ2) is 6.40. The minimum absolute atomic E-state index is 0.109. The molecule has 3 N–H and O–H groups in total. The number of aromatic nitrogens is 2. The van der Waals surface area contributed by atoms with Crippen molar-refractivity contribution in [2.24, 2.45) is 5.73 Å². The SMILES string of the molecule is Cc1cccc(NC(=O)Cc2csc(CCN)n2)n1. The Morgan fingerprint density at radius 3 is 3.00 bits per heavy atom. The maximum absolute atomic E-state index is 11.8. The third kappa shape index (κ3) is 4.11. The zero-order valence-corrected chi connectivity index (χ0v) is 11.5. The van der Waals surface area contributed by atoms with Crippen molar-refractivity contribution in [3.63, 3.8) is 0 Å². The molecule has 2 heterocycles. The van der Waals surface area contributed by atoms with Crippen LogP contribution in [-0.2, 0) is 17.6 Å². The highest BCUT2D eigenvalue weighted by molar-refractivity contribution is 7.09. The molecule has 0 unspecified atom stereocenters. The van der Waals surface area contributed by atoms with Crippen LogP contribution in [0, 0.1) is 6.92 Å². The predicted octanol–water partition coefficient (Wildman–Crippen LogP) is 1.53. The van der Waals surface area contributed by atoms with Crippen molar-refractivity contribution in [1.29, 1.82) is 0 Å². The first-order chi connectivity index (χ1) is 9.17. The highest BCUT2D eigenvalue weighted by Crippen LogP contribution is 2.11. The van der Waals surface area contributed by atoms with Crippen molar-refractivity contribution in [2.45, 2.75) is 19.8 Å². The first-order valence-electron chi connectivity index (χ1n) is 6.04. The van der Waals surface area contributed by atoms with Crippen molar-refractivity contribution in [3.05, 3.63) is 40.0 Å². The smallest absolute Gasteiger partial charge is 0.231 e. The molecule has 0 radical (unpaired) electrons. The number of rotatable bonds is 5. The molecule has 0 aliphatic carbocycles. The number of amides is 1. The van der Waals surface area contributed by atoms with Gasteiger partial charge < -0.3 is 11.1 Å². The van der Waals surface area contributed by atoms with Gasteiger partial charge in [0.15, 0.2) is 0 Å². The van der Waals surface area contributed by atoms with Gasteiger partial charge in [0, 0.05) is 17.5 Å². The molecule has 1 amide bonds. The Hall–Kier alpha value is -1.79. The Balaban J connectivity index is 1.93. The van der Waals surface area contributed by atoms with E-state index in [9.17, 15) is 4.79 Å². The molecule has 6 heteroatoms. The van der Waals surface area contributed by atoms with Crippen LogP contribution < -0.4 is 11.1 Å². The highest BCUT2D eigenvalue weighted by atomic mass is 32.1. The van der Waals surface area contributed by atoms with Crippen LogP contribution in [0.5, 0.6) is 0 Å². The van der Waals surface area contributed by atoms with Crippen LogP contribution in [0.25, 0.3) is 0 Å². The Labute approximate surface area is 115 Å². The number of thiazole rings is 1. The van der Waals surface area contributed by atoms with E-state index < -0.39 is 0 Å². The van der Waals surface area contributed by atoms with Crippen LogP contribution in [0.3, 0.4) is 0 Å². The van der Waals surface area contributed by atoms with Crippen molar-refractivity contribution in [3.8, 4) is 0 Å². The fourth-order valence-electron chi connectivity index (χ4n) is 1.63. The van der Waals surface area contributed by atoms with E-state index in [4.69, 9.17) is 5.73 Å². The van der Waals surface area contributed by atoms with E-state index in [2.05, 4.69) is 15.3 Å². The van der Waals surface area contributed by atoms with E-state index in [-0.39, 0.29) is 12.3 Å². The number of anilines is 1. The summed E-state index contributed by atoms with van der Waals surface area (Å²) in [5.74, 6) is 0.463. The maximum Gasteiger partial charge on any atom is 0.231 e. The molecule has 2 aromatic rings. The van der Waals surface area contributed by atoms with Gasteiger partial charge in [-0.05, 0) is 25.6 Å². The molecule has 0 aromatic carbocycles. The summed E-state index contributed by atoms with van der Waals surface area (Å²) in [6.45, 7) is 2.46. The van der Waals surface area contributed by atoms with E-state index in [0.717, 1.165) is 22.8 Å². The average Bonchev–Trinajstić information content (AvgIpc) is 2.77. The van der Waals surface area contributed by atoms with E-state index in [1.807, 2.05) is 24.4 Å². The predicted molar refractivity (Wildman–Crippen MR) is 76.2 cm³/mol. The number of hydrogen-bond donors (Lipinski definition) is 2. The lowest BCUT2D eigenvalue weighted by Crippen LogP contribution is -2.15. The van der Waals surface area contributed by atoms with Gasteiger partial charge in [0.1, 0.15) is 5.82 Å². The van der Waals surface area contributed by atoms with Crippen molar-refractivity contribution < 1.29 is 4.79 Å². The van der Waals surface area contributed by atoms with Gasteiger partial charge in [-0.25, -0.2) is 9.97 Å². The maximum atomic E-state index is 11.8. The number of nitrogens with two attached hydrogens (primary N) is 1.